The molecule has 1 heterocycles. The number of ether oxygens (including phenoxy) is 3. The Hall–Kier alpha value is -1.26. The lowest BCUT2D eigenvalue weighted by Gasteiger charge is -2.24. The number of aliphatic hydroxyl groups excluding tert-OH is 1. The second kappa shape index (κ2) is 6.07. The highest BCUT2D eigenvalue weighted by atomic mass is 16.5. The quantitative estimate of drug-likeness (QED) is 0.893. The van der Waals surface area contributed by atoms with E-state index in [0.717, 1.165) is 37.4 Å². The summed E-state index contributed by atoms with van der Waals surface area (Å²) < 4.78 is 16.5. The molecular formula is C14H20O4. The fraction of sp³-hybridized carbons (Fsp3) is 0.571. The van der Waals surface area contributed by atoms with Crippen LogP contribution in [0.1, 0.15) is 31.4 Å². The summed E-state index contributed by atoms with van der Waals surface area (Å²) in [4.78, 5) is 0. The third-order valence-electron chi connectivity index (χ3n) is 3.13. The van der Waals surface area contributed by atoms with E-state index in [1.165, 1.54) is 0 Å². The van der Waals surface area contributed by atoms with Gasteiger partial charge in [-0.1, -0.05) is 6.07 Å². The summed E-state index contributed by atoms with van der Waals surface area (Å²) in [7, 11) is 1.61. The standard InChI is InChI=1S/C14H20O4/c1-10(15)11-3-4-13(14(9-11)16-2)18-12-5-7-17-8-6-12/h3-4,9-10,12,15H,5-8H2,1-2H3/t10-/m0/s1. The Kier molecular flexibility index (Phi) is 4.44. The molecule has 4 nitrogen and oxygen atoms in total. The van der Waals surface area contributed by atoms with Crippen molar-refractivity contribution < 1.29 is 19.3 Å². The van der Waals surface area contributed by atoms with Crippen LogP contribution in [0, 0.1) is 0 Å². The highest BCUT2D eigenvalue weighted by Crippen LogP contribution is 2.32. The highest BCUT2D eigenvalue weighted by Gasteiger charge is 2.17. The highest BCUT2D eigenvalue weighted by molar-refractivity contribution is 5.43. The average Bonchev–Trinajstić information content (AvgIpc) is 2.40. The molecule has 0 aromatic heterocycles. The molecule has 0 unspecified atom stereocenters. The normalized spacial score (nSPS) is 18.4. The third kappa shape index (κ3) is 3.15. The predicted molar refractivity (Wildman–Crippen MR) is 68.1 cm³/mol. The minimum absolute atomic E-state index is 0.185. The molecule has 0 aliphatic carbocycles. The van der Waals surface area contributed by atoms with E-state index in [-0.39, 0.29) is 6.10 Å². The molecule has 1 atom stereocenters. The Morgan fingerprint density at radius 1 is 1.28 bits per heavy atom. The minimum atomic E-state index is -0.504. The molecule has 4 heteroatoms. The topological polar surface area (TPSA) is 47.9 Å². The van der Waals surface area contributed by atoms with Crippen molar-refractivity contribution in [3.63, 3.8) is 0 Å². The van der Waals surface area contributed by atoms with Crippen LogP contribution in [0.25, 0.3) is 0 Å². The summed E-state index contributed by atoms with van der Waals surface area (Å²) in [6, 6.07) is 5.54. The maximum atomic E-state index is 9.54. The van der Waals surface area contributed by atoms with Gasteiger partial charge in [0.15, 0.2) is 11.5 Å². The molecule has 1 aromatic rings. The molecule has 1 aliphatic heterocycles. The fourth-order valence-electron chi connectivity index (χ4n) is 2.01. The van der Waals surface area contributed by atoms with Crippen LogP contribution in [0.2, 0.25) is 0 Å². The zero-order valence-electron chi connectivity index (χ0n) is 10.9. The SMILES string of the molecule is COc1cc([C@H](C)O)ccc1OC1CCOCC1. The average molecular weight is 252 g/mol. The molecule has 1 aliphatic rings. The van der Waals surface area contributed by atoms with E-state index in [2.05, 4.69) is 0 Å². The number of methoxy groups -OCH3 is 1. The Morgan fingerprint density at radius 3 is 2.61 bits per heavy atom. The Bertz CT molecular complexity index is 383. The van der Waals surface area contributed by atoms with Crippen molar-refractivity contribution in [2.24, 2.45) is 0 Å². The second-order valence-electron chi connectivity index (χ2n) is 4.52. The zero-order valence-corrected chi connectivity index (χ0v) is 10.9. The van der Waals surface area contributed by atoms with Crippen LogP contribution in [0.5, 0.6) is 11.5 Å². The first-order valence-corrected chi connectivity index (χ1v) is 6.31. The van der Waals surface area contributed by atoms with Gasteiger partial charge in [-0.3, -0.25) is 0 Å². The number of rotatable bonds is 4. The molecule has 0 bridgehead atoms. The van der Waals surface area contributed by atoms with Crippen molar-refractivity contribution in [2.75, 3.05) is 20.3 Å². The molecule has 1 N–H and O–H groups in total. The monoisotopic (exact) mass is 252 g/mol. The molecule has 2 rings (SSSR count). The van der Waals surface area contributed by atoms with Crippen LogP contribution in [0.4, 0.5) is 0 Å². The van der Waals surface area contributed by atoms with Gasteiger partial charge in [-0.05, 0) is 24.6 Å². The van der Waals surface area contributed by atoms with Crippen molar-refractivity contribution in [2.45, 2.75) is 32.0 Å². The first-order valence-electron chi connectivity index (χ1n) is 6.31. The smallest absolute Gasteiger partial charge is 0.161 e. The summed E-state index contributed by atoms with van der Waals surface area (Å²) >= 11 is 0. The second-order valence-corrected chi connectivity index (χ2v) is 4.52. The third-order valence-corrected chi connectivity index (χ3v) is 3.13. The van der Waals surface area contributed by atoms with Gasteiger partial charge in [0.25, 0.3) is 0 Å². The molecular weight excluding hydrogens is 232 g/mol. The predicted octanol–water partition coefficient (Wildman–Crippen LogP) is 2.31. The van der Waals surface area contributed by atoms with E-state index in [4.69, 9.17) is 14.2 Å². The van der Waals surface area contributed by atoms with Gasteiger partial charge in [0.05, 0.1) is 26.4 Å². The lowest BCUT2D eigenvalue weighted by molar-refractivity contribution is 0.0245. The lowest BCUT2D eigenvalue weighted by atomic mass is 10.1. The van der Waals surface area contributed by atoms with E-state index in [9.17, 15) is 5.11 Å². The molecule has 0 spiro atoms. The fourth-order valence-corrected chi connectivity index (χ4v) is 2.01. The van der Waals surface area contributed by atoms with Crippen LogP contribution < -0.4 is 9.47 Å². The summed E-state index contributed by atoms with van der Waals surface area (Å²) in [6.45, 7) is 3.23. The lowest BCUT2D eigenvalue weighted by Crippen LogP contribution is -2.26. The molecule has 0 radical (unpaired) electrons. The number of hydrogen-bond acceptors (Lipinski definition) is 4. The van der Waals surface area contributed by atoms with Gasteiger partial charge in [0.1, 0.15) is 6.10 Å². The zero-order chi connectivity index (χ0) is 13.0. The van der Waals surface area contributed by atoms with E-state index < -0.39 is 6.10 Å². The molecule has 18 heavy (non-hydrogen) atoms. The van der Waals surface area contributed by atoms with Gasteiger partial charge in [-0.25, -0.2) is 0 Å². The van der Waals surface area contributed by atoms with E-state index in [1.54, 1.807) is 14.0 Å². The summed E-state index contributed by atoms with van der Waals surface area (Å²) in [6.07, 6.45) is 1.49. The van der Waals surface area contributed by atoms with Crippen molar-refractivity contribution in [1.29, 1.82) is 0 Å². The van der Waals surface area contributed by atoms with Gasteiger partial charge in [-0.15, -0.1) is 0 Å². The summed E-state index contributed by atoms with van der Waals surface area (Å²) in [5.41, 5.74) is 0.825. The Balaban J connectivity index is 2.11. The van der Waals surface area contributed by atoms with Crippen LogP contribution in [-0.4, -0.2) is 31.5 Å². The molecule has 100 valence electrons. The van der Waals surface area contributed by atoms with Crippen molar-refractivity contribution >= 4 is 0 Å². The summed E-state index contributed by atoms with van der Waals surface area (Å²) in [5.74, 6) is 1.40. The van der Waals surface area contributed by atoms with Gasteiger partial charge in [0, 0.05) is 12.8 Å². The van der Waals surface area contributed by atoms with Gasteiger partial charge >= 0.3 is 0 Å². The Labute approximate surface area is 107 Å². The number of benzene rings is 1. The van der Waals surface area contributed by atoms with Crippen LogP contribution in [0.15, 0.2) is 18.2 Å². The molecule has 0 amide bonds. The van der Waals surface area contributed by atoms with Gasteiger partial charge in [0.2, 0.25) is 0 Å². The van der Waals surface area contributed by atoms with Gasteiger partial charge in [-0.2, -0.15) is 0 Å². The molecule has 1 saturated heterocycles. The molecule has 1 aromatic carbocycles. The van der Waals surface area contributed by atoms with Crippen molar-refractivity contribution in [3.8, 4) is 11.5 Å². The number of aliphatic hydroxyl groups is 1. The van der Waals surface area contributed by atoms with Crippen LogP contribution in [0.3, 0.4) is 0 Å². The van der Waals surface area contributed by atoms with Crippen molar-refractivity contribution in [3.05, 3.63) is 23.8 Å². The first-order chi connectivity index (χ1) is 8.70. The molecule has 0 saturated carbocycles. The van der Waals surface area contributed by atoms with E-state index in [0.29, 0.717) is 5.75 Å². The van der Waals surface area contributed by atoms with Crippen molar-refractivity contribution in [1.82, 2.24) is 0 Å². The maximum Gasteiger partial charge on any atom is 0.161 e. The van der Waals surface area contributed by atoms with E-state index >= 15 is 0 Å². The van der Waals surface area contributed by atoms with E-state index in [1.807, 2.05) is 18.2 Å². The summed E-state index contributed by atoms with van der Waals surface area (Å²) in [5, 5.41) is 9.54. The number of hydrogen-bond donors (Lipinski definition) is 1. The van der Waals surface area contributed by atoms with Crippen LogP contribution in [-0.2, 0) is 4.74 Å². The van der Waals surface area contributed by atoms with Gasteiger partial charge < -0.3 is 19.3 Å². The van der Waals surface area contributed by atoms with Crippen LogP contribution >= 0.6 is 0 Å². The Morgan fingerprint density at radius 2 is 2.00 bits per heavy atom. The largest absolute Gasteiger partial charge is 0.493 e. The first kappa shape index (κ1) is 13.2. The molecule has 1 fully saturated rings. The maximum absolute atomic E-state index is 9.54. The minimum Gasteiger partial charge on any atom is -0.493 e.